The normalized spacial score (nSPS) is 17.2. The van der Waals surface area contributed by atoms with Gasteiger partial charge in [-0.15, -0.1) is 0 Å². The summed E-state index contributed by atoms with van der Waals surface area (Å²) in [5, 5.41) is 0. The molecule has 1 aromatic rings. The molecule has 0 bridgehead atoms. The van der Waals surface area contributed by atoms with Gasteiger partial charge in [-0.2, -0.15) is 0 Å². The molecule has 0 fully saturated rings. The summed E-state index contributed by atoms with van der Waals surface area (Å²) in [4.78, 5) is 0. The van der Waals surface area contributed by atoms with Crippen LogP contribution in [0, 0.1) is 5.41 Å². The number of sulfonamides is 1. The van der Waals surface area contributed by atoms with Crippen LogP contribution in [0.1, 0.15) is 51.2 Å². The van der Waals surface area contributed by atoms with Crippen molar-refractivity contribution in [3.8, 4) is 0 Å². The Morgan fingerprint density at radius 3 is 2.67 bits per heavy atom. The van der Waals surface area contributed by atoms with Gasteiger partial charge in [0.25, 0.3) is 0 Å². The second kappa shape index (κ2) is 7.01. The second-order valence-electron chi connectivity index (χ2n) is 7.47. The Kier molecular flexibility index (Phi) is 5.43. The molecule has 0 amide bonds. The van der Waals surface area contributed by atoms with E-state index in [-0.39, 0.29) is 5.75 Å². The Labute approximate surface area is 145 Å². The van der Waals surface area contributed by atoms with Crippen molar-refractivity contribution < 1.29 is 8.42 Å². The number of hydrogen-bond donors (Lipinski definition) is 2. The van der Waals surface area contributed by atoms with E-state index >= 15 is 0 Å². The summed E-state index contributed by atoms with van der Waals surface area (Å²) in [5.41, 5.74) is 11.0. The number of nitrogen functional groups attached to an aromatic ring is 1. The fourth-order valence-electron chi connectivity index (χ4n) is 2.93. The van der Waals surface area contributed by atoms with Crippen LogP contribution < -0.4 is 10.5 Å². The molecule has 4 nitrogen and oxygen atoms in total. The van der Waals surface area contributed by atoms with Crippen LogP contribution >= 0.6 is 0 Å². The average molecular weight is 349 g/mol. The van der Waals surface area contributed by atoms with Crippen molar-refractivity contribution in [2.45, 2.75) is 46.5 Å². The highest BCUT2D eigenvalue weighted by molar-refractivity contribution is 7.89. The lowest BCUT2D eigenvalue weighted by molar-refractivity contribution is 0.335. The highest BCUT2D eigenvalue weighted by Gasteiger charge is 2.22. The first-order valence-corrected chi connectivity index (χ1v) is 9.97. The zero-order chi connectivity index (χ0) is 18.0. The Morgan fingerprint density at radius 2 is 2.08 bits per heavy atom. The standard InChI is InChI=1S/C19H28N2O2S/c1-14(2)21-24(22,23)12-9-15-5-6-18(20)17(13-15)16-7-10-19(3,4)11-8-16/h5-7,13,21H,1,8-12,20H2,2-4H3. The minimum atomic E-state index is -3.34. The van der Waals surface area contributed by atoms with Crippen LogP contribution in [0.5, 0.6) is 0 Å². The summed E-state index contributed by atoms with van der Waals surface area (Å²) in [6.45, 7) is 9.77. The van der Waals surface area contributed by atoms with Gasteiger partial charge in [0.1, 0.15) is 0 Å². The second-order valence-corrected chi connectivity index (χ2v) is 9.31. The quantitative estimate of drug-likeness (QED) is 0.767. The average Bonchev–Trinajstić information content (AvgIpc) is 2.45. The summed E-state index contributed by atoms with van der Waals surface area (Å²) in [5.74, 6) is 0.0370. The highest BCUT2D eigenvalue weighted by Crippen LogP contribution is 2.39. The zero-order valence-corrected chi connectivity index (χ0v) is 15.7. The Bertz CT molecular complexity index is 762. The molecule has 1 aliphatic carbocycles. The molecule has 0 aliphatic heterocycles. The molecule has 0 atom stereocenters. The van der Waals surface area contributed by atoms with Gasteiger partial charge in [0.2, 0.25) is 10.0 Å². The number of anilines is 1. The molecule has 5 heteroatoms. The van der Waals surface area contributed by atoms with E-state index in [1.54, 1.807) is 6.92 Å². The number of aryl methyl sites for hydroxylation is 1. The van der Waals surface area contributed by atoms with Crippen molar-refractivity contribution in [3.63, 3.8) is 0 Å². The van der Waals surface area contributed by atoms with Gasteiger partial charge < -0.3 is 5.73 Å². The Hall–Kier alpha value is -1.75. The van der Waals surface area contributed by atoms with E-state index in [9.17, 15) is 8.42 Å². The van der Waals surface area contributed by atoms with E-state index in [4.69, 9.17) is 5.73 Å². The van der Waals surface area contributed by atoms with Crippen LogP contribution in [-0.4, -0.2) is 14.2 Å². The van der Waals surface area contributed by atoms with Crippen molar-refractivity contribution in [1.82, 2.24) is 4.72 Å². The van der Waals surface area contributed by atoms with Crippen LogP contribution in [0.4, 0.5) is 5.69 Å². The van der Waals surface area contributed by atoms with Crippen molar-refractivity contribution in [2.24, 2.45) is 5.41 Å². The van der Waals surface area contributed by atoms with Crippen LogP contribution in [0.2, 0.25) is 0 Å². The number of nitrogens with two attached hydrogens (primary N) is 1. The van der Waals surface area contributed by atoms with Crippen LogP contribution in [0.25, 0.3) is 5.57 Å². The van der Waals surface area contributed by atoms with Gasteiger partial charge in [-0.3, -0.25) is 4.72 Å². The molecule has 0 unspecified atom stereocenters. The number of nitrogens with one attached hydrogen (secondary N) is 1. The molecule has 1 aliphatic rings. The number of rotatable bonds is 6. The molecular weight excluding hydrogens is 320 g/mol. The Balaban J connectivity index is 2.15. The maximum absolute atomic E-state index is 11.9. The van der Waals surface area contributed by atoms with Gasteiger partial charge in [0.05, 0.1) is 5.75 Å². The fourth-order valence-corrected chi connectivity index (χ4v) is 4.06. The van der Waals surface area contributed by atoms with Crippen molar-refractivity contribution in [2.75, 3.05) is 11.5 Å². The minimum Gasteiger partial charge on any atom is -0.398 e. The summed E-state index contributed by atoms with van der Waals surface area (Å²) < 4.78 is 26.3. The molecule has 132 valence electrons. The molecule has 0 aromatic heterocycles. The van der Waals surface area contributed by atoms with E-state index in [1.165, 1.54) is 5.57 Å². The molecule has 24 heavy (non-hydrogen) atoms. The largest absolute Gasteiger partial charge is 0.398 e. The van der Waals surface area contributed by atoms with E-state index < -0.39 is 10.0 Å². The molecular formula is C19H28N2O2S. The van der Waals surface area contributed by atoms with Gasteiger partial charge in [-0.1, -0.05) is 32.6 Å². The molecule has 1 aromatic carbocycles. The van der Waals surface area contributed by atoms with Gasteiger partial charge in [-0.05, 0) is 61.3 Å². The topological polar surface area (TPSA) is 72.2 Å². The first-order chi connectivity index (χ1) is 11.1. The lowest BCUT2D eigenvalue weighted by Crippen LogP contribution is -2.25. The third-order valence-corrected chi connectivity index (χ3v) is 5.83. The zero-order valence-electron chi connectivity index (χ0n) is 14.9. The van der Waals surface area contributed by atoms with Crippen molar-refractivity contribution in [1.29, 1.82) is 0 Å². The maximum Gasteiger partial charge on any atom is 0.232 e. The van der Waals surface area contributed by atoms with E-state index in [0.717, 1.165) is 36.1 Å². The predicted octanol–water partition coefficient (Wildman–Crippen LogP) is 3.86. The van der Waals surface area contributed by atoms with Crippen molar-refractivity contribution >= 4 is 21.3 Å². The number of benzene rings is 1. The molecule has 0 spiro atoms. The number of allylic oxidation sites excluding steroid dienone is 3. The van der Waals surface area contributed by atoms with Gasteiger partial charge in [0.15, 0.2) is 0 Å². The lowest BCUT2D eigenvalue weighted by Gasteiger charge is -2.29. The minimum absolute atomic E-state index is 0.0370. The fraction of sp³-hybridized carbons (Fsp3) is 0.474. The van der Waals surface area contributed by atoms with Crippen LogP contribution in [-0.2, 0) is 16.4 Å². The first kappa shape index (κ1) is 18.6. The first-order valence-electron chi connectivity index (χ1n) is 8.32. The molecule has 2 rings (SSSR count). The van der Waals surface area contributed by atoms with E-state index in [2.05, 4.69) is 31.2 Å². The summed E-state index contributed by atoms with van der Waals surface area (Å²) in [7, 11) is -3.34. The molecule has 0 heterocycles. The molecule has 0 radical (unpaired) electrons. The maximum atomic E-state index is 11.9. The molecule has 0 saturated carbocycles. The third-order valence-electron chi connectivity index (χ3n) is 4.43. The van der Waals surface area contributed by atoms with Crippen molar-refractivity contribution in [3.05, 3.63) is 47.7 Å². The van der Waals surface area contributed by atoms with Gasteiger partial charge >= 0.3 is 0 Å². The summed E-state index contributed by atoms with van der Waals surface area (Å²) >= 11 is 0. The van der Waals surface area contributed by atoms with Gasteiger partial charge in [0, 0.05) is 16.9 Å². The summed E-state index contributed by atoms with van der Waals surface area (Å²) in [6, 6.07) is 5.82. The monoisotopic (exact) mass is 348 g/mol. The predicted molar refractivity (Wildman–Crippen MR) is 102 cm³/mol. The SMILES string of the molecule is C=C(C)NS(=O)(=O)CCc1ccc(N)c(C2=CCC(C)(C)CC2)c1. The summed E-state index contributed by atoms with van der Waals surface area (Å²) in [6.07, 6.45) is 5.92. The number of hydrogen-bond acceptors (Lipinski definition) is 3. The van der Waals surface area contributed by atoms with Crippen LogP contribution in [0.15, 0.2) is 36.6 Å². The lowest BCUT2D eigenvalue weighted by atomic mass is 9.76. The van der Waals surface area contributed by atoms with Gasteiger partial charge in [-0.25, -0.2) is 8.42 Å². The third kappa shape index (κ3) is 5.13. The Morgan fingerprint density at radius 1 is 1.38 bits per heavy atom. The van der Waals surface area contributed by atoms with E-state index in [0.29, 0.717) is 17.5 Å². The van der Waals surface area contributed by atoms with Crippen LogP contribution in [0.3, 0.4) is 0 Å². The molecule has 0 saturated heterocycles. The molecule has 3 N–H and O–H groups in total. The van der Waals surface area contributed by atoms with E-state index in [1.807, 2.05) is 18.2 Å². The smallest absolute Gasteiger partial charge is 0.232 e. The highest BCUT2D eigenvalue weighted by atomic mass is 32.2.